The van der Waals surface area contributed by atoms with Gasteiger partial charge in [-0.2, -0.15) is 13.2 Å². The van der Waals surface area contributed by atoms with Crippen LogP contribution in [0.5, 0.6) is 0 Å². The van der Waals surface area contributed by atoms with Gasteiger partial charge in [0, 0.05) is 38.0 Å². The smallest absolute Gasteiger partial charge is 0.312 e. The van der Waals surface area contributed by atoms with Gasteiger partial charge < -0.3 is 10.2 Å². The Morgan fingerprint density at radius 1 is 1.19 bits per heavy atom. The molecule has 1 N–H and O–H groups in total. The number of hydrogen-bond donors (Lipinski definition) is 1. The predicted molar refractivity (Wildman–Crippen MR) is 73.9 cm³/mol. The summed E-state index contributed by atoms with van der Waals surface area (Å²) in [6.07, 6.45) is -3.44. The molecule has 0 radical (unpaired) electrons. The van der Waals surface area contributed by atoms with E-state index in [0.29, 0.717) is 37.4 Å². The summed E-state index contributed by atoms with van der Waals surface area (Å²) in [6, 6.07) is 0. The molecule has 0 unspecified atom stereocenters. The highest BCUT2D eigenvalue weighted by atomic mass is 19.4. The molecule has 0 aliphatic carbocycles. The first kappa shape index (κ1) is 16.2. The third-order valence-electron chi connectivity index (χ3n) is 3.79. The molecule has 1 aliphatic rings. The third-order valence-corrected chi connectivity index (χ3v) is 3.79. The zero-order valence-corrected chi connectivity index (χ0v) is 12.4. The fourth-order valence-electron chi connectivity index (χ4n) is 2.54. The van der Waals surface area contributed by atoms with Gasteiger partial charge in [-0.25, -0.2) is 9.97 Å². The summed E-state index contributed by atoms with van der Waals surface area (Å²) in [7, 11) is 0. The number of likely N-dealkylation sites (N-methyl/N-ethyl adjacent to an activating group) is 1. The van der Waals surface area contributed by atoms with Crippen LogP contribution in [0.1, 0.15) is 36.6 Å². The largest absolute Gasteiger partial charge is 0.433 e. The van der Waals surface area contributed by atoms with Crippen molar-refractivity contribution in [2.45, 2.75) is 39.4 Å². The van der Waals surface area contributed by atoms with E-state index in [4.69, 9.17) is 0 Å². The zero-order valence-electron chi connectivity index (χ0n) is 12.4. The molecule has 0 aromatic carbocycles. The van der Waals surface area contributed by atoms with E-state index in [0.717, 1.165) is 13.1 Å². The molecular formula is C14H21F3N4. The predicted octanol–water partition coefficient (Wildman–Crippen LogP) is 2.03. The third kappa shape index (κ3) is 3.91. The van der Waals surface area contributed by atoms with Gasteiger partial charge in [-0.3, -0.25) is 0 Å². The van der Waals surface area contributed by atoms with E-state index in [2.05, 4.69) is 20.2 Å². The zero-order chi connectivity index (χ0) is 15.5. The molecule has 4 nitrogen and oxygen atoms in total. The van der Waals surface area contributed by atoms with Gasteiger partial charge in [-0.05, 0) is 13.1 Å². The van der Waals surface area contributed by atoms with Crippen LogP contribution < -0.4 is 5.32 Å². The van der Waals surface area contributed by atoms with Crippen molar-refractivity contribution >= 4 is 0 Å². The molecule has 118 valence electrons. The van der Waals surface area contributed by atoms with Crippen LogP contribution in [0.4, 0.5) is 13.2 Å². The molecule has 21 heavy (non-hydrogen) atoms. The van der Waals surface area contributed by atoms with Crippen molar-refractivity contribution in [3.63, 3.8) is 0 Å². The molecule has 2 rings (SSSR count). The molecular weight excluding hydrogens is 281 g/mol. The van der Waals surface area contributed by atoms with Crippen LogP contribution in [0.25, 0.3) is 0 Å². The lowest BCUT2D eigenvalue weighted by Gasteiger charge is -2.22. The highest BCUT2D eigenvalue weighted by Gasteiger charge is 2.37. The minimum absolute atomic E-state index is 0.195. The second kappa shape index (κ2) is 6.70. The SMILES string of the molecule is CCN(CC)CCc1nc2c(c(C(F)(F)F)n1)CNCC2. The normalized spacial score (nSPS) is 15.3. The Bertz CT molecular complexity index is 484. The van der Waals surface area contributed by atoms with Crippen molar-refractivity contribution in [3.05, 3.63) is 22.8 Å². The van der Waals surface area contributed by atoms with Gasteiger partial charge in [-0.15, -0.1) is 0 Å². The Kier molecular flexibility index (Phi) is 5.16. The molecule has 1 aliphatic heterocycles. The summed E-state index contributed by atoms with van der Waals surface area (Å²) in [5, 5.41) is 2.95. The van der Waals surface area contributed by atoms with Crippen LogP contribution in [-0.2, 0) is 25.6 Å². The van der Waals surface area contributed by atoms with E-state index in [9.17, 15) is 13.2 Å². The lowest BCUT2D eigenvalue weighted by atomic mass is 10.0. The Labute approximate surface area is 122 Å². The minimum Gasteiger partial charge on any atom is -0.312 e. The van der Waals surface area contributed by atoms with E-state index in [1.165, 1.54) is 0 Å². The number of hydrogen-bond acceptors (Lipinski definition) is 4. The maximum Gasteiger partial charge on any atom is 0.433 e. The first-order valence-electron chi connectivity index (χ1n) is 7.34. The molecule has 0 atom stereocenters. The van der Waals surface area contributed by atoms with Crippen LogP contribution in [0.2, 0.25) is 0 Å². The van der Waals surface area contributed by atoms with Crippen LogP contribution in [-0.4, -0.2) is 41.0 Å². The number of nitrogens with zero attached hydrogens (tertiary/aromatic N) is 3. The van der Waals surface area contributed by atoms with Gasteiger partial charge in [0.1, 0.15) is 5.82 Å². The second-order valence-corrected chi connectivity index (χ2v) is 5.12. The monoisotopic (exact) mass is 302 g/mol. The number of nitrogens with one attached hydrogen (secondary N) is 1. The van der Waals surface area contributed by atoms with E-state index < -0.39 is 11.9 Å². The van der Waals surface area contributed by atoms with Crippen molar-refractivity contribution in [3.8, 4) is 0 Å². The van der Waals surface area contributed by atoms with Gasteiger partial charge in [-0.1, -0.05) is 13.8 Å². The van der Waals surface area contributed by atoms with Gasteiger partial charge >= 0.3 is 6.18 Å². The molecule has 0 saturated carbocycles. The van der Waals surface area contributed by atoms with E-state index in [1.54, 1.807) is 0 Å². The number of halogens is 3. The van der Waals surface area contributed by atoms with Crippen molar-refractivity contribution < 1.29 is 13.2 Å². The van der Waals surface area contributed by atoms with Crippen LogP contribution in [0.15, 0.2) is 0 Å². The lowest BCUT2D eigenvalue weighted by Crippen LogP contribution is -2.30. The summed E-state index contributed by atoms with van der Waals surface area (Å²) < 4.78 is 39.5. The molecule has 0 amide bonds. The standard InChI is InChI=1S/C14H21F3N4/c1-3-21(4-2)8-6-12-19-11-5-7-18-9-10(11)13(20-12)14(15,16)17/h18H,3-9H2,1-2H3. The molecule has 0 fully saturated rings. The quantitative estimate of drug-likeness (QED) is 0.903. The lowest BCUT2D eigenvalue weighted by molar-refractivity contribution is -0.142. The highest BCUT2D eigenvalue weighted by molar-refractivity contribution is 5.30. The fourth-order valence-corrected chi connectivity index (χ4v) is 2.54. The van der Waals surface area contributed by atoms with Crippen LogP contribution in [0.3, 0.4) is 0 Å². The Balaban J connectivity index is 2.27. The first-order chi connectivity index (χ1) is 9.95. The second-order valence-electron chi connectivity index (χ2n) is 5.12. The molecule has 1 aromatic heterocycles. The number of fused-ring (bicyclic) bond motifs is 1. The Morgan fingerprint density at radius 2 is 1.90 bits per heavy atom. The van der Waals surface area contributed by atoms with Crippen molar-refractivity contribution in [2.24, 2.45) is 0 Å². The summed E-state index contributed by atoms with van der Waals surface area (Å²) in [5.74, 6) is 0.301. The topological polar surface area (TPSA) is 41.1 Å². The molecule has 1 aromatic rings. The highest BCUT2D eigenvalue weighted by Crippen LogP contribution is 2.32. The van der Waals surface area contributed by atoms with Crippen molar-refractivity contribution in [1.29, 1.82) is 0 Å². The first-order valence-corrected chi connectivity index (χ1v) is 7.34. The number of rotatable bonds is 5. The average molecular weight is 302 g/mol. The number of aromatic nitrogens is 2. The molecule has 0 bridgehead atoms. The average Bonchev–Trinajstić information content (AvgIpc) is 2.46. The van der Waals surface area contributed by atoms with Gasteiger partial charge in [0.2, 0.25) is 0 Å². The van der Waals surface area contributed by atoms with Crippen molar-refractivity contribution in [1.82, 2.24) is 20.2 Å². The van der Waals surface area contributed by atoms with Gasteiger partial charge in [0.25, 0.3) is 0 Å². The maximum atomic E-state index is 13.2. The summed E-state index contributed by atoms with van der Waals surface area (Å²) in [5.41, 5.74) is -0.0137. The van der Waals surface area contributed by atoms with E-state index >= 15 is 0 Å². The summed E-state index contributed by atoms with van der Waals surface area (Å²) in [4.78, 5) is 10.3. The van der Waals surface area contributed by atoms with E-state index in [-0.39, 0.29) is 12.1 Å². The van der Waals surface area contributed by atoms with E-state index in [1.807, 2.05) is 13.8 Å². The van der Waals surface area contributed by atoms with Crippen LogP contribution in [0, 0.1) is 0 Å². The number of alkyl halides is 3. The van der Waals surface area contributed by atoms with Gasteiger partial charge in [0.15, 0.2) is 5.69 Å². The molecule has 7 heteroatoms. The molecule has 2 heterocycles. The Hall–Kier alpha value is -1.21. The Morgan fingerprint density at radius 3 is 2.52 bits per heavy atom. The summed E-state index contributed by atoms with van der Waals surface area (Å²) >= 11 is 0. The minimum atomic E-state index is -4.42. The fraction of sp³-hybridized carbons (Fsp3) is 0.714. The molecule has 0 spiro atoms. The van der Waals surface area contributed by atoms with Crippen molar-refractivity contribution in [2.75, 3.05) is 26.2 Å². The maximum absolute atomic E-state index is 13.2. The summed E-state index contributed by atoms with van der Waals surface area (Å²) in [6.45, 7) is 7.35. The van der Waals surface area contributed by atoms with Crippen LogP contribution >= 0.6 is 0 Å². The van der Waals surface area contributed by atoms with Gasteiger partial charge in [0.05, 0.1) is 5.69 Å². The molecule has 0 saturated heterocycles.